The number of nitrogens with one attached hydrogen (secondary N) is 1. The van der Waals surface area contributed by atoms with Crippen molar-refractivity contribution in [3.8, 4) is 5.75 Å². The van der Waals surface area contributed by atoms with Crippen LogP contribution in [0.25, 0.3) is 0 Å². The van der Waals surface area contributed by atoms with Crippen LogP contribution in [0.15, 0.2) is 24.5 Å². The Labute approximate surface area is 150 Å². The van der Waals surface area contributed by atoms with E-state index in [0.717, 1.165) is 6.07 Å². The minimum atomic E-state index is -3.56. The summed E-state index contributed by atoms with van der Waals surface area (Å²) in [7, 11) is -3.56. The molecule has 142 valence electrons. The fourth-order valence-corrected chi connectivity index (χ4v) is 3.65. The van der Waals surface area contributed by atoms with E-state index in [0.29, 0.717) is 24.9 Å². The number of carbonyl (C=O) groups is 1. The third-order valence-corrected chi connectivity index (χ3v) is 5.17. The van der Waals surface area contributed by atoms with E-state index in [1.54, 1.807) is 6.92 Å². The number of halogens is 1. The number of aromatic hydroxyl groups is 1. The van der Waals surface area contributed by atoms with Crippen LogP contribution < -0.4 is 10.5 Å². The average Bonchev–Trinajstić information content (AvgIpc) is 3.03. The summed E-state index contributed by atoms with van der Waals surface area (Å²) in [5, 5.41) is 13.2. The topological polar surface area (TPSA) is 140 Å². The molecule has 11 heteroatoms. The Bertz CT molecular complexity index is 884. The van der Waals surface area contributed by atoms with Gasteiger partial charge in [-0.1, -0.05) is 6.07 Å². The Morgan fingerprint density at radius 2 is 2.15 bits per heavy atom. The number of rotatable bonds is 9. The molecule has 0 aliphatic heterocycles. The molecule has 2 rings (SSSR count). The van der Waals surface area contributed by atoms with E-state index < -0.39 is 33.5 Å². The number of amides is 1. The molecule has 0 bridgehead atoms. The summed E-state index contributed by atoms with van der Waals surface area (Å²) in [6, 6.07) is 3.06. The van der Waals surface area contributed by atoms with Crippen LogP contribution in [-0.4, -0.2) is 39.9 Å². The molecule has 0 saturated heterocycles. The summed E-state index contributed by atoms with van der Waals surface area (Å²) in [4.78, 5) is 14.6. The van der Waals surface area contributed by atoms with E-state index in [9.17, 15) is 22.7 Å². The molecule has 1 aromatic carbocycles. The van der Waals surface area contributed by atoms with Gasteiger partial charge >= 0.3 is 0 Å². The lowest BCUT2D eigenvalue weighted by atomic mass is 10.1. The van der Waals surface area contributed by atoms with Gasteiger partial charge in [-0.25, -0.2) is 22.5 Å². The zero-order chi connectivity index (χ0) is 19.3. The van der Waals surface area contributed by atoms with Crippen LogP contribution in [-0.2, 0) is 16.6 Å². The van der Waals surface area contributed by atoms with E-state index in [1.807, 2.05) is 0 Å². The highest BCUT2D eigenvalue weighted by Gasteiger charge is 2.17. The number of aromatic nitrogens is 3. The number of benzene rings is 1. The molecule has 1 aromatic heterocycles. The van der Waals surface area contributed by atoms with Crippen LogP contribution in [0.4, 0.5) is 4.39 Å². The summed E-state index contributed by atoms with van der Waals surface area (Å²) in [6.45, 7) is 2.00. The van der Waals surface area contributed by atoms with Gasteiger partial charge < -0.3 is 10.8 Å². The van der Waals surface area contributed by atoms with E-state index in [2.05, 4.69) is 14.8 Å². The van der Waals surface area contributed by atoms with Gasteiger partial charge in [0.2, 0.25) is 15.8 Å². The molecule has 0 aliphatic rings. The molecule has 0 unspecified atom stereocenters. The minimum Gasteiger partial charge on any atom is -0.505 e. The van der Waals surface area contributed by atoms with Crippen molar-refractivity contribution < 1.29 is 22.7 Å². The van der Waals surface area contributed by atoms with Crippen molar-refractivity contribution in [3.05, 3.63) is 41.7 Å². The molecule has 1 heterocycles. The zero-order valence-electron chi connectivity index (χ0n) is 14.1. The molecule has 0 spiro atoms. The summed E-state index contributed by atoms with van der Waals surface area (Å²) >= 11 is 0. The second-order valence-electron chi connectivity index (χ2n) is 5.77. The largest absolute Gasteiger partial charge is 0.505 e. The van der Waals surface area contributed by atoms with Gasteiger partial charge in [-0.3, -0.25) is 9.48 Å². The third kappa shape index (κ3) is 5.49. The summed E-state index contributed by atoms with van der Waals surface area (Å²) in [6.07, 6.45) is 2.23. The first-order chi connectivity index (χ1) is 12.2. The molecule has 0 radical (unpaired) electrons. The van der Waals surface area contributed by atoms with Gasteiger partial charge in [-0.2, -0.15) is 0 Å². The average molecular weight is 385 g/mol. The number of aryl methyl sites for hydroxylation is 1. The number of sulfonamides is 1. The molecule has 0 fully saturated rings. The van der Waals surface area contributed by atoms with E-state index in [-0.39, 0.29) is 11.6 Å². The summed E-state index contributed by atoms with van der Waals surface area (Å²) in [5.41, 5.74) is 5.50. The fraction of sp³-hybridized carbons (Fsp3) is 0.400. The molecular formula is C15H20FN5O4S. The van der Waals surface area contributed by atoms with Crippen LogP contribution in [0.3, 0.4) is 0 Å². The molecule has 26 heavy (non-hydrogen) atoms. The maximum Gasteiger partial charge on any atom is 0.288 e. The van der Waals surface area contributed by atoms with Gasteiger partial charge in [0.25, 0.3) is 5.91 Å². The summed E-state index contributed by atoms with van der Waals surface area (Å²) in [5.74, 6) is -2.22. The number of nitrogens with zero attached hydrogens (tertiary/aromatic N) is 3. The zero-order valence-corrected chi connectivity index (χ0v) is 14.9. The number of phenols is 1. The number of hydrogen-bond donors (Lipinski definition) is 3. The first kappa shape index (κ1) is 19.8. The predicted octanol–water partition coefficient (Wildman–Crippen LogP) is 0.682. The maximum atomic E-state index is 13.1. The Hall–Kier alpha value is -2.53. The second-order valence-corrected chi connectivity index (χ2v) is 7.65. The SMILES string of the molecule is C[C@@H](NS(=O)(=O)CCCCn1cnc(C(N)=O)n1)c1ccc(F)c(O)c1. The van der Waals surface area contributed by atoms with Crippen molar-refractivity contribution in [1.29, 1.82) is 0 Å². The predicted molar refractivity (Wildman–Crippen MR) is 91.2 cm³/mol. The molecule has 9 nitrogen and oxygen atoms in total. The highest BCUT2D eigenvalue weighted by atomic mass is 32.2. The van der Waals surface area contributed by atoms with Crippen LogP contribution in [0, 0.1) is 5.82 Å². The van der Waals surface area contributed by atoms with Gasteiger partial charge in [0.1, 0.15) is 6.33 Å². The molecule has 0 aliphatic carbocycles. The monoisotopic (exact) mass is 385 g/mol. The minimum absolute atomic E-state index is 0.0873. The van der Waals surface area contributed by atoms with Crippen molar-refractivity contribution in [1.82, 2.24) is 19.5 Å². The molecule has 1 atom stereocenters. The van der Waals surface area contributed by atoms with Crippen LogP contribution in [0.5, 0.6) is 5.75 Å². The Balaban J connectivity index is 1.82. The molecule has 4 N–H and O–H groups in total. The number of carbonyl (C=O) groups excluding carboxylic acids is 1. The van der Waals surface area contributed by atoms with Gasteiger partial charge in [-0.15, -0.1) is 5.10 Å². The standard InChI is InChI=1S/C15H20FN5O4S/c1-10(11-4-5-12(16)13(22)8-11)20-26(24,25)7-3-2-6-21-9-18-15(19-21)14(17)23/h4-5,8-10,20,22H,2-3,6-7H2,1H3,(H2,17,23)/t10-/m1/s1. The quantitative estimate of drug-likeness (QED) is 0.542. The fourth-order valence-electron chi connectivity index (χ4n) is 2.28. The third-order valence-electron chi connectivity index (χ3n) is 3.63. The molecular weight excluding hydrogens is 365 g/mol. The Kier molecular flexibility index (Phi) is 6.27. The second kappa shape index (κ2) is 8.23. The molecule has 2 aromatic rings. The lowest BCUT2D eigenvalue weighted by molar-refractivity contribution is 0.0990. The van der Waals surface area contributed by atoms with Crippen LogP contribution >= 0.6 is 0 Å². The lowest BCUT2D eigenvalue weighted by Crippen LogP contribution is -2.29. The van der Waals surface area contributed by atoms with E-state index in [1.165, 1.54) is 23.1 Å². The first-order valence-corrected chi connectivity index (χ1v) is 9.51. The molecule has 1 amide bonds. The van der Waals surface area contributed by atoms with Gasteiger partial charge in [0, 0.05) is 12.6 Å². The van der Waals surface area contributed by atoms with Crippen molar-refractivity contribution in [2.75, 3.05) is 5.75 Å². The van der Waals surface area contributed by atoms with Crippen LogP contribution in [0.2, 0.25) is 0 Å². The van der Waals surface area contributed by atoms with Crippen molar-refractivity contribution >= 4 is 15.9 Å². The van der Waals surface area contributed by atoms with Crippen molar-refractivity contribution in [3.63, 3.8) is 0 Å². The van der Waals surface area contributed by atoms with Gasteiger partial charge in [-0.05, 0) is 37.5 Å². The number of unbranched alkanes of at least 4 members (excludes halogenated alkanes) is 1. The number of hydrogen-bond acceptors (Lipinski definition) is 6. The number of primary amides is 1. The van der Waals surface area contributed by atoms with Crippen LogP contribution in [0.1, 0.15) is 42.0 Å². The maximum absolute atomic E-state index is 13.1. The Morgan fingerprint density at radius 3 is 2.77 bits per heavy atom. The first-order valence-electron chi connectivity index (χ1n) is 7.85. The molecule has 0 saturated carbocycles. The lowest BCUT2D eigenvalue weighted by Gasteiger charge is -2.15. The van der Waals surface area contributed by atoms with Gasteiger partial charge in [0.05, 0.1) is 5.75 Å². The number of nitrogens with two attached hydrogens (primary N) is 1. The normalized spacial score (nSPS) is 12.8. The van der Waals surface area contributed by atoms with E-state index in [4.69, 9.17) is 5.73 Å². The highest BCUT2D eigenvalue weighted by Crippen LogP contribution is 2.22. The Morgan fingerprint density at radius 1 is 1.42 bits per heavy atom. The summed E-state index contributed by atoms with van der Waals surface area (Å²) < 4.78 is 41.2. The van der Waals surface area contributed by atoms with E-state index >= 15 is 0 Å². The van der Waals surface area contributed by atoms with Gasteiger partial charge in [0.15, 0.2) is 11.6 Å². The number of phenolic OH excluding ortho intramolecular Hbond substituents is 1. The van der Waals surface area contributed by atoms with Crippen molar-refractivity contribution in [2.24, 2.45) is 5.73 Å². The highest BCUT2D eigenvalue weighted by molar-refractivity contribution is 7.89. The smallest absolute Gasteiger partial charge is 0.288 e. The van der Waals surface area contributed by atoms with Crippen molar-refractivity contribution in [2.45, 2.75) is 32.4 Å².